The van der Waals surface area contributed by atoms with Crippen molar-refractivity contribution in [1.29, 1.82) is 0 Å². The van der Waals surface area contributed by atoms with Gasteiger partial charge < -0.3 is 4.90 Å². The molecule has 4 aromatic rings. The van der Waals surface area contributed by atoms with Crippen molar-refractivity contribution in [2.24, 2.45) is 0 Å². The van der Waals surface area contributed by atoms with Gasteiger partial charge in [-0.05, 0) is 37.1 Å². The Kier molecular flexibility index (Phi) is 4.91. The minimum Gasteiger partial charge on any atom is -0.338 e. The lowest BCUT2D eigenvalue weighted by molar-refractivity contribution is -0.137. The first-order chi connectivity index (χ1) is 15.4. The lowest BCUT2D eigenvalue weighted by atomic mass is 9.96. The fourth-order valence-electron chi connectivity index (χ4n) is 4.06. The third kappa shape index (κ3) is 3.72. The summed E-state index contributed by atoms with van der Waals surface area (Å²) in [5.41, 5.74) is 0.891. The molecule has 1 aliphatic rings. The molecule has 0 N–H and O–H groups in total. The number of pyridine rings is 1. The van der Waals surface area contributed by atoms with Gasteiger partial charge in [-0.1, -0.05) is 18.2 Å². The zero-order chi connectivity index (χ0) is 22.3. The zero-order valence-electron chi connectivity index (χ0n) is 16.9. The fourth-order valence-corrected chi connectivity index (χ4v) is 4.06. The Labute approximate surface area is 181 Å². The van der Waals surface area contributed by atoms with Gasteiger partial charge >= 0.3 is 6.18 Å². The molecule has 10 heteroatoms. The number of likely N-dealkylation sites (tertiary alicyclic amines) is 1. The first-order valence-electron chi connectivity index (χ1n) is 10.2. The Morgan fingerprint density at radius 2 is 1.84 bits per heavy atom. The third-order valence-corrected chi connectivity index (χ3v) is 5.68. The molecular weight excluding hydrogens is 421 g/mol. The number of hydrogen-bond donors (Lipinski definition) is 0. The van der Waals surface area contributed by atoms with Gasteiger partial charge in [0.25, 0.3) is 5.91 Å². The molecule has 0 bridgehead atoms. The molecular formula is C22H19F3N6O. The van der Waals surface area contributed by atoms with E-state index in [0.717, 1.165) is 24.4 Å². The number of benzene rings is 1. The number of hydrogen-bond acceptors (Lipinski definition) is 4. The van der Waals surface area contributed by atoms with Crippen molar-refractivity contribution in [3.63, 3.8) is 0 Å². The van der Waals surface area contributed by atoms with Gasteiger partial charge in [-0.2, -0.15) is 18.3 Å². The van der Waals surface area contributed by atoms with Crippen LogP contribution in [0.3, 0.4) is 0 Å². The number of fused-ring (bicyclic) bond motifs is 1. The van der Waals surface area contributed by atoms with Crippen molar-refractivity contribution in [3.8, 4) is 5.69 Å². The van der Waals surface area contributed by atoms with E-state index < -0.39 is 11.7 Å². The van der Waals surface area contributed by atoms with Crippen LogP contribution in [0.1, 0.15) is 40.5 Å². The highest BCUT2D eigenvalue weighted by Crippen LogP contribution is 2.31. The molecule has 0 radical (unpaired) electrons. The molecule has 32 heavy (non-hydrogen) atoms. The topological polar surface area (TPSA) is 68.3 Å². The predicted molar refractivity (Wildman–Crippen MR) is 109 cm³/mol. The fraction of sp³-hybridized carbons (Fsp3) is 0.273. The van der Waals surface area contributed by atoms with Crippen molar-refractivity contribution in [3.05, 3.63) is 78.0 Å². The summed E-state index contributed by atoms with van der Waals surface area (Å²) in [6.07, 6.45) is 1.21. The molecule has 1 unspecified atom stereocenters. The van der Waals surface area contributed by atoms with Gasteiger partial charge in [0.15, 0.2) is 5.65 Å². The summed E-state index contributed by atoms with van der Waals surface area (Å²) >= 11 is 0. The molecule has 7 nitrogen and oxygen atoms in total. The standard InChI is InChI=1S/C22H19F3N6O/c23-22(24,25)17-8-9-19-27-28-20(30(19)14-17)15-5-4-10-29(12-15)21(32)16-11-26-31(13-16)18-6-2-1-3-7-18/h1-3,6-9,11,13-15H,4-5,10,12H2. The second-order valence-electron chi connectivity index (χ2n) is 7.80. The van der Waals surface area contributed by atoms with Crippen molar-refractivity contribution in [2.45, 2.75) is 24.9 Å². The highest BCUT2D eigenvalue weighted by atomic mass is 19.4. The summed E-state index contributed by atoms with van der Waals surface area (Å²) < 4.78 is 42.5. The maximum absolute atomic E-state index is 13.2. The second-order valence-corrected chi connectivity index (χ2v) is 7.80. The molecule has 1 amide bonds. The average molecular weight is 440 g/mol. The van der Waals surface area contributed by atoms with Crippen LogP contribution in [0.5, 0.6) is 0 Å². The van der Waals surface area contributed by atoms with E-state index in [9.17, 15) is 18.0 Å². The van der Waals surface area contributed by atoms with Gasteiger partial charge in [0.05, 0.1) is 23.0 Å². The van der Waals surface area contributed by atoms with Gasteiger partial charge in [-0.25, -0.2) is 4.68 Å². The van der Waals surface area contributed by atoms with E-state index in [0.29, 0.717) is 36.5 Å². The van der Waals surface area contributed by atoms with Crippen LogP contribution in [0.2, 0.25) is 0 Å². The first kappa shape index (κ1) is 20.2. The van der Waals surface area contributed by atoms with Gasteiger partial charge in [0.1, 0.15) is 5.82 Å². The molecule has 1 atom stereocenters. The molecule has 0 spiro atoms. The summed E-state index contributed by atoms with van der Waals surface area (Å²) in [4.78, 5) is 14.8. The molecule has 0 saturated carbocycles. The number of para-hydroxylation sites is 1. The quantitative estimate of drug-likeness (QED) is 0.484. The Morgan fingerprint density at radius 1 is 1.03 bits per heavy atom. The number of amides is 1. The third-order valence-electron chi connectivity index (χ3n) is 5.68. The van der Waals surface area contributed by atoms with E-state index in [1.54, 1.807) is 15.8 Å². The number of halogens is 3. The summed E-state index contributed by atoms with van der Waals surface area (Å²) in [5, 5.41) is 12.4. The molecule has 1 fully saturated rings. The first-order valence-corrected chi connectivity index (χ1v) is 10.2. The summed E-state index contributed by atoms with van der Waals surface area (Å²) in [5.74, 6) is 0.0561. The highest BCUT2D eigenvalue weighted by Gasteiger charge is 2.33. The van der Waals surface area contributed by atoms with Crippen LogP contribution in [0.4, 0.5) is 13.2 Å². The minimum atomic E-state index is -4.46. The minimum absolute atomic E-state index is 0.165. The monoisotopic (exact) mass is 440 g/mol. The number of piperidine rings is 1. The number of carbonyl (C=O) groups excluding carboxylic acids is 1. The molecule has 0 aliphatic carbocycles. The van der Waals surface area contributed by atoms with Crippen molar-refractivity contribution < 1.29 is 18.0 Å². The number of rotatable bonds is 3. The number of aromatic nitrogens is 5. The normalized spacial score (nSPS) is 17.1. The number of alkyl halides is 3. The van der Waals surface area contributed by atoms with Crippen LogP contribution < -0.4 is 0 Å². The van der Waals surface area contributed by atoms with Gasteiger partial charge in [-0.3, -0.25) is 9.20 Å². The van der Waals surface area contributed by atoms with E-state index in [2.05, 4.69) is 15.3 Å². The second kappa shape index (κ2) is 7.77. The maximum atomic E-state index is 13.2. The van der Waals surface area contributed by atoms with E-state index in [4.69, 9.17) is 0 Å². The average Bonchev–Trinajstić information content (AvgIpc) is 3.46. The zero-order valence-corrected chi connectivity index (χ0v) is 16.9. The van der Waals surface area contributed by atoms with Gasteiger partial charge in [0.2, 0.25) is 0 Å². The van der Waals surface area contributed by atoms with Crippen LogP contribution >= 0.6 is 0 Å². The van der Waals surface area contributed by atoms with Crippen LogP contribution in [-0.2, 0) is 6.18 Å². The Bertz CT molecular complexity index is 1260. The molecule has 1 aliphatic heterocycles. The SMILES string of the molecule is O=C(c1cnn(-c2ccccc2)c1)N1CCCC(c2nnc3ccc(C(F)(F)F)cn23)C1. The molecule has 4 heterocycles. The number of nitrogens with zero attached hydrogens (tertiary/aromatic N) is 6. The van der Waals surface area contributed by atoms with E-state index in [1.807, 2.05) is 30.3 Å². The lowest BCUT2D eigenvalue weighted by Gasteiger charge is -2.31. The number of carbonyl (C=O) groups is 1. The smallest absolute Gasteiger partial charge is 0.338 e. The lowest BCUT2D eigenvalue weighted by Crippen LogP contribution is -2.39. The molecule has 5 rings (SSSR count). The molecule has 1 saturated heterocycles. The Morgan fingerprint density at radius 3 is 2.62 bits per heavy atom. The Hall–Kier alpha value is -3.69. The van der Waals surface area contributed by atoms with Crippen LogP contribution in [0.15, 0.2) is 61.1 Å². The van der Waals surface area contributed by atoms with Crippen LogP contribution in [0, 0.1) is 0 Å². The van der Waals surface area contributed by atoms with Gasteiger partial charge in [-0.15, -0.1) is 10.2 Å². The molecule has 1 aromatic carbocycles. The van der Waals surface area contributed by atoms with Crippen LogP contribution in [-0.4, -0.2) is 48.3 Å². The van der Waals surface area contributed by atoms with E-state index in [-0.39, 0.29) is 11.8 Å². The molecule has 3 aromatic heterocycles. The van der Waals surface area contributed by atoms with Gasteiger partial charge in [0, 0.05) is 31.4 Å². The predicted octanol–water partition coefficient (Wildman–Crippen LogP) is 3.95. The van der Waals surface area contributed by atoms with Crippen molar-refractivity contribution >= 4 is 11.6 Å². The largest absolute Gasteiger partial charge is 0.417 e. The van der Waals surface area contributed by atoms with Crippen LogP contribution in [0.25, 0.3) is 11.3 Å². The summed E-state index contributed by atoms with van der Waals surface area (Å²) in [6.45, 7) is 0.919. The molecule has 164 valence electrons. The highest BCUT2D eigenvalue weighted by molar-refractivity contribution is 5.94. The van der Waals surface area contributed by atoms with E-state index in [1.165, 1.54) is 16.7 Å². The Balaban J connectivity index is 1.38. The summed E-state index contributed by atoms with van der Waals surface area (Å²) in [7, 11) is 0. The van der Waals surface area contributed by atoms with Crippen molar-refractivity contribution in [1.82, 2.24) is 29.3 Å². The maximum Gasteiger partial charge on any atom is 0.417 e. The summed E-state index contributed by atoms with van der Waals surface area (Å²) in [6, 6.07) is 11.8. The van der Waals surface area contributed by atoms with Crippen molar-refractivity contribution in [2.75, 3.05) is 13.1 Å². The van der Waals surface area contributed by atoms with E-state index >= 15 is 0 Å².